The highest BCUT2D eigenvalue weighted by Crippen LogP contribution is 2.30. The summed E-state index contributed by atoms with van der Waals surface area (Å²) in [5, 5.41) is 3.34. The van der Waals surface area contributed by atoms with Crippen molar-refractivity contribution in [1.82, 2.24) is 5.32 Å². The van der Waals surface area contributed by atoms with Crippen LogP contribution in [0.4, 0.5) is 5.69 Å². The minimum absolute atomic E-state index is 0.357. The van der Waals surface area contributed by atoms with Crippen LogP contribution in [0.1, 0.15) is 45.7 Å². The topological polar surface area (TPSA) is 15.3 Å². The van der Waals surface area contributed by atoms with Gasteiger partial charge in [0.1, 0.15) is 0 Å². The summed E-state index contributed by atoms with van der Waals surface area (Å²) in [7, 11) is 2.01. The lowest BCUT2D eigenvalue weighted by molar-refractivity contribution is 0.628. The highest BCUT2D eigenvalue weighted by atomic mass is 79.9. The highest BCUT2D eigenvalue weighted by Gasteiger charge is 2.16. The van der Waals surface area contributed by atoms with E-state index in [-0.39, 0.29) is 0 Å². The molecule has 0 amide bonds. The minimum Gasteiger partial charge on any atom is -0.369 e. The van der Waals surface area contributed by atoms with Crippen molar-refractivity contribution in [3.8, 4) is 0 Å². The fourth-order valence-electron chi connectivity index (χ4n) is 2.19. The normalized spacial score (nSPS) is 12.8. The van der Waals surface area contributed by atoms with Gasteiger partial charge in [0.2, 0.25) is 0 Å². The molecule has 1 aromatic carbocycles. The number of hydrogen-bond acceptors (Lipinski definition) is 2. The molecule has 0 radical (unpaired) electrons. The van der Waals surface area contributed by atoms with Gasteiger partial charge in [-0.1, -0.05) is 22.9 Å². The fourth-order valence-corrected chi connectivity index (χ4v) is 2.57. The van der Waals surface area contributed by atoms with Crippen LogP contribution in [-0.4, -0.2) is 19.6 Å². The van der Waals surface area contributed by atoms with Crippen molar-refractivity contribution in [2.24, 2.45) is 0 Å². The molecule has 1 aromatic rings. The summed E-state index contributed by atoms with van der Waals surface area (Å²) >= 11 is 3.57. The van der Waals surface area contributed by atoms with E-state index in [1.54, 1.807) is 0 Å². The van der Waals surface area contributed by atoms with E-state index in [1.165, 1.54) is 17.7 Å². The van der Waals surface area contributed by atoms with Crippen molar-refractivity contribution < 1.29 is 0 Å². The van der Waals surface area contributed by atoms with Crippen LogP contribution in [0.25, 0.3) is 0 Å². The molecule has 3 heteroatoms. The van der Waals surface area contributed by atoms with Crippen LogP contribution in [0.5, 0.6) is 0 Å². The SMILES string of the molecule is CCCN(c1ccc(Br)cc1C(C)NC)C(C)C. The smallest absolute Gasteiger partial charge is 0.0417 e. The summed E-state index contributed by atoms with van der Waals surface area (Å²) < 4.78 is 1.14. The number of anilines is 1. The number of hydrogen-bond donors (Lipinski definition) is 1. The average Bonchev–Trinajstić information content (AvgIpc) is 2.35. The van der Waals surface area contributed by atoms with Crippen LogP contribution in [0, 0.1) is 0 Å². The van der Waals surface area contributed by atoms with Gasteiger partial charge in [0, 0.05) is 28.8 Å². The van der Waals surface area contributed by atoms with Gasteiger partial charge in [-0.2, -0.15) is 0 Å². The number of halogens is 1. The molecule has 18 heavy (non-hydrogen) atoms. The largest absolute Gasteiger partial charge is 0.369 e. The van der Waals surface area contributed by atoms with Gasteiger partial charge in [-0.3, -0.25) is 0 Å². The summed E-state index contributed by atoms with van der Waals surface area (Å²) in [5.74, 6) is 0. The van der Waals surface area contributed by atoms with Crippen LogP contribution in [-0.2, 0) is 0 Å². The third-order valence-electron chi connectivity index (χ3n) is 3.29. The molecular weight excluding hydrogens is 288 g/mol. The Labute approximate surface area is 120 Å². The monoisotopic (exact) mass is 312 g/mol. The standard InChI is InChI=1S/C15H25BrN2/c1-6-9-18(11(2)3)15-8-7-13(16)10-14(15)12(4)17-5/h7-8,10-12,17H,6,9H2,1-5H3. The van der Waals surface area contributed by atoms with E-state index in [4.69, 9.17) is 0 Å². The lowest BCUT2D eigenvalue weighted by Gasteiger charge is -2.32. The molecule has 0 spiro atoms. The minimum atomic E-state index is 0.357. The molecular formula is C15H25BrN2. The third kappa shape index (κ3) is 3.72. The second-order valence-electron chi connectivity index (χ2n) is 5.00. The van der Waals surface area contributed by atoms with Crippen molar-refractivity contribution in [2.75, 3.05) is 18.5 Å². The first kappa shape index (κ1) is 15.5. The van der Waals surface area contributed by atoms with E-state index in [9.17, 15) is 0 Å². The fraction of sp³-hybridized carbons (Fsp3) is 0.600. The average molecular weight is 313 g/mol. The second kappa shape index (κ2) is 7.15. The molecule has 0 aromatic heterocycles. The maximum absolute atomic E-state index is 3.57. The van der Waals surface area contributed by atoms with Crippen LogP contribution < -0.4 is 10.2 Å². The molecule has 0 saturated heterocycles. The number of nitrogens with zero attached hydrogens (tertiary/aromatic N) is 1. The zero-order chi connectivity index (χ0) is 13.7. The Kier molecular flexibility index (Phi) is 6.16. The van der Waals surface area contributed by atoms with Crippen LogP contribution in [0.2, 0.25) is 0 Å². The maximum Gasteiger partial charge on any atom is 0.0417 e. The molecule has 1 atom stereocenters. The predicted molar refractivity (Wildman–Crippen MR) is 84.4 cm³/mol. The van der Waals surface area contributed by atoms with Crippen LogP contribution >= 0.6 is 15.9 Å². The molecule has 0 fully saturated rings. The van der Waals surface area contributed by atoms with Crippen molar-refractivity contribution >= 4 is 21.6 Å². The van der Waals surface area contributed by atoms with E-state index in [0.717, 1.165) is 11.0 Å². The molecule has 1 unspecified atom stereocenters. The lowest BCUT2D eigenvalue weighted by atomic mass is 10.0. The first-order valence-corrected chi connectivity index (χ1v) is 7.53. The Balaban J connectivity index is 3.19. The number of nitrogens with one attached hydrogen (secondary N) is 1. The second-order valence-corrected chi connectivity index (χ2v) is 5.92. The van der Waals surface area contributed by atoms with E-state index >= 15 is 0 Å². The van der Waals surface area contributed by atoms with Gasteiger partial charge >= 0.3 is 0 Å². The molecule has 0 aliphatic heterocycles. The van der Waals surface area contributed by atoms with Crippen LogP contribution in [0.15, 0.2) is 22.7 Å². The zero-order valence-electron chi connectivity index (χ0n) is 12.1. The molecule has 0 heterocycles. The van der Waals surface area contributed by atoms with Gasteiger partial charge < -0.3 is 10.2 Å². The summed E-state index contributed by atoms with van der Waals surface area (Å²) in [6.45, 7) is 10.0. The maximum atomic E-state index is 3.57. The first-order valence-electron chi connectivity index (χ1n) is 6.74. The third-order valence-corrected chi connectivity index (χ3v) is 3.78. The van der Waals surface area contributed by atoms with E-state index in [0.29, 0.717) is 12.1 Å². The number of rotatable bonds is 6. The van der Waals surface area contributed by atoms with Gasteiger partial charge in [-0.25, -0.2) is 0 Å². The van der Waals surface area contributed by atoms with Crippen molar-refractivity contribution in [2.45, 2.75) is 46.2 Å². The van der Waals surface area contributed by atoms with Crippen molar-refractivity contribution in [3.05, 3.63) is 28.2 Å². The Morgan fingerprint density at radius 1 is 1.28 bits per heavy atom. The molecule has 1 rings (SSSR count). The quantitative estimate of drug-likeness (QED) is 0.840. The number of benzene rings is 1. The Morgan fingerprint density at radius 3 is 2.44 bits per heavy atom. The van der Waals surface area contributed by atoms with Gasteiger partial charge in [0.25, 0.3) is 0 Å². The summed E-state index contributed by atoms with van der Waals surface area (Å²) in [6, 6.07) is 7.46. The van der Waals surface area contributed by atoms with Crippen molar-refractivity contribution in [1.29, 1.82) is 0 Å². The molecule has 0 saturated carbocycles. The molecule has 1 N–H and O–H groups in total. The van der Waals surface area contributed by atoms with Gasteiger partial charge in [-0.05, 0) is 58.0 Å². The molecule has 0 aliphatic rings. The van der Waals surface area contributed by atoms with Gasteiger partial charge in [0.05, 0.1) is 0 Å². The van der Waals surface area contributed by atoms with Gasteiger partial charge in [-0.15, -0.1) is 0 Å². The van der Waals surface area contributed by atoms with Crippen molar-refractivity contribution in [3.63, 3.8) is 0 Å². The molecule has 0 aliphatic carbocycles. The van der Waals surface area contributed by atoms with E-state index in [1.807, 2.05) is 7.05 Å². The molecule has 0 bridgehead atoms. The molecule has 2 nitrogen and oxygen atoms in total. The lowest BCUT2D eigenvalue weighted by Crippen LogP contribution is -2.33. The highest BCUT2D eigenvalue weighted by molar-refractivity contribution is 9.10. The summed E-state index contributed by atoms with van der Waals surface area (Å²) in [4.78, 5) is 2.48. The summed E-state index contributed by atoms with van der Waals surface area (Å²) in [6.07, 6.45) is 1.17. The first-order chi connectivity index (χ1) is 8.51. The summed E-state index contributed by atoms with van der Waals surface area (Å²) in [5.41, 5.74) is 2.70. The van der Waals surface area contributed by atoms with E-state index in [2.05, 4.69) is 72.0 Å². The Morgan fingerprint density at radius 2 is 1.94 bits per heavy atom. The molecule has 102 valence electrons. The Hall–Kier alpha value is -0.540. The van der Waals surface area contributed by atoms with Gasteiger partial charge in [0.15, 0.2) is 0 Å². The van der Waals surface area contributed by atoms with E-state index < -0.39 is 0 Å². The predicted octanol–water partition coefficient (Wildman–Crippen LogP) is 4.35. The zero-order valence-corrected chi connectivity index (χ0v) is 13.7. The van der Waals surface area contributed by atoms with Crippen LogP contribution in [0.3, 0.4) is 0 Å². The Bertz CT molecular complexity index is 377.